The molecule has 0 aliphatic rings. The minimum absolute atomic E-state index is 0.300. The van der Waals surface area contributed by atoms with Crippen LogP contribution in [-0.2, 0) is 0 Å². The second-order valence-electron chi connectivity index (χ2n) is 6.21. The molecule has 1 heterocycles. The summed E-state index contributed by atoms with van der Waals surface area (Å²) in [6.07, 6.45) is 0. The molecular weight excluding hydrogens is 427 g/mol. The van der Waals surface area contributed by atoms with E-state index in [1.165, 1.54) is 11.3 Å². The number of benzene rings is 3. The zero-order valence-electron chi connectivity index (χ0n) is 14.9. The maximum absolute atomic E-state index is 12.7. The van der Waals surface area contributed by atoms with E-state index in [1.54, 1.807) is 48.5 Å². The summed E-state index contributed by atoms with van der Waals surface area (Å²) in [6, 6.07) is 21.3. The van der Waals surface area contributed by atoms with Crippen LogP contribution in [0.4, 0.5) is 11.4 Å². The van der Waals surface area contributed by atoms with Crippen LogP contribution in [0.1, 0.15) is 20.0 Å². The molecule has 0 spiro atoms. The van der Waals surface area contributed by atoms with E-state index in [1.807, 2.05) is 24.3 Å². The molecule has 4 nitrogen and oxygen atoms in total. The van der Waals surface area contributed by atoms with Gasteiger partial charge < -0.3 is 10.6 Å². The molecule has 7 heteroatoms. The smallest absolute Gasteiger partial charge is 0.267 e. The van der Waals surface area contributed by atoms with E-state index >= 15 is 0 Å². The molecule has 2 amide bonds. The second kappa shape index (κ2) is 8.25. The average Bonchev–Trinajstić information content (AvgIpc) is 3.05. The van der Waals surface area contributed by atoms with E-state index in [0.717, 1.165) is 10.1 Å². The van der Waals surface area contributed by atoms with Crippen LogP contribution in [0.25, 0.3) is 10.1 Å². The number of fused-ring (bicyclic) bond motifs is 1. The summed E-state index contributed by atoms with van der Waals surface area (Å²) in [5, 5.41) is 7.28. The molecule has 0 saturated heterocycles. The number of amides is 2. The van der Waals surface area contributed by atoms with E-state index in [2.05, 4.69) is 10.6 Å². The summed E-state index contributed by atoms with van der Waals surface area (Å²) in [5.74, 6) is -0.627. The largest absolute Gasteiger partial charge is 0.322 e. The first-order chi connectivity index (χ1) is 14.0. The standard InChI is InChI=1S/C22H14Cl2N2O2S/c23-17-10-3-1-8-15(17)21(27)25-13-6-5-7-14(12-13)26-22(28)20-19(24)16-9-2-4-11-18(16)29-20/h1-12H,(H,25,27)(H,26,28). The Morgan fingerprint density at radius 2 is 1.41 bits per heavy atom. The first-order valence-electron chi connectivity index (χ1n) is 8.67. The van der Waals surface area contributed by atoms with Crippen molar-refractivity contribution in [2.75, 3.05) is 10.6 Å². The number of rotatable bonds is 4. The van der Waals surface area contributed by atoms with Gasteiger partial charge in [0, 0.05) is 21.5 Å². The van der Waals surface area contributed by atoms with E-state index < -0.39 is 0 Å². The minimum atomic E-state index is -0.327. The SMILES string of the molecule is O=C(Nc1cccc(NC(=O)c2sc3ccccc3c2Cl)c1)c1ccccc1Cl. The van der Waals surface area contributed by atoms with Crippen molar-refractivity contribution in [1.82, 2.24) is 0 Å². The van der Waals surface area contributed by atoms with Crippen molar-refractivity contribution in [3.63, 3.8) is 0 Å². The molecule has 4 rings (SSSR count). The van der Waals surface area contributed by atoms with Crippen LogP contribution >= 0.6 is 34.5 Å². The quantitative estimate of drug-likeness (QED) is 0.370. The molecule has 0 radical (unpaired) electrons. The minimum Gasteiger partial charge on any atom is -0.322 e. The van der Waals surface area contributed by atoms with Gasteiger partial charge in [-0.05, 0) is 36.4 Å². The number of anilines is 2. The van der Waals surface area contributed by atoms with Crippen LogP contribution in [-0.4, -0.2) is 11.8 Å². The predicted molar refractivity (Wildman–Crippen MR) is 121 cm³/mol. The van der Waals surface area contributed by atoms with Crippen LogP contribution in [0.5, 0.6) is 0 Å². The fourth-order valence-electron chi connectivity index (χ4n) is 2.87. The molecule has 0 aliphatic heterocycles. The summed E-state index contributed by atoms with van der Waals surface area (Å²) >= 11 is 13.8. The lowest BCUT2D eigenvalue weighted by Gasteiger charge is -2.09. The van der Waals surface area contributed by atoms with Crippen molar-refractivity contribution >= 4 is 67.8 Å². The van der Waals surface area contributed by atoms with Gasteiger partial charge in [0.05, 0.1) is 15.6 Å². The van der Waals surface area contributed by atoms with Gasteiger partial charge in [0.2, 0.25) is 0 Å². The first-order valence-corrected chi connectivity index (χ1v) is 10.2. The van der Waals surface area contributed by atoms with E-state index in [0.29, 0.717) is 31.9 Å². The molecule has 29 heavy (non-hydrogen) atoms. The van der Waals surface area contributed by atoms with Gasteiger partial charge in [-0.25, -0.2) is 0 Å². The summed E-state index contributed by atoms with van der Waals surface area (Å²) in [5.41, 5.74) is 1.45. The van der Waals surface area contributed by atoms with Crippen LogP contribution in [0, 0.1) is 0 Å². The molecule has 2 N–H and O–H groups in total. The van der Waals surface area contributed by atoms with Gasteiger partial charge in [-0.3, -0.25) is 9.59 Å². The lowest BCUT2D eigenvalue weighted by atomic mass is 10.2. The van der Waals surface area contributed by atoms with Crippen molar-refractivity contribution in [1.29, 1.82) is 0 Å². The second-order valence-corrected chi connectivity index (χ2v) is 8.05. The van der Waals surface area contributed by atoms with Gasteiger partial charge in [0.25, 0.3) is 11.8 Å². The Kier molecular flexibility index (Phi) is 5.53. The third kappa shape index (κ3) is 4.12. The average molecular weight is 441 g/mol. The molecule has 0 bridgehead atoms. The first kappa shape index (κ1) is 19.5. The Labute approximate surface area is 181 Å². The highest BCUT2D eigenvalue weighted by molar-refractivity contribution is 7.21. The topological polar surface area (TPSA) is 58.2 Å². The third-order valence-corrected chi connectivity index (χ3v) is 6.24. The molecule has 0 aliphatic carbocycles. The monoisotopic (exact) mass is 440 g/mol. The Bertz CT molecular complexity index is 1240. The summed E-state index contributed by atoms with van der Waals surface area (Å²) in [4.78, 5) is 25.6. The molecule has 0 saturated carbocycles. The number of carbonyl (C=O) groups excluding carboxylic acids is 2. The zero-order valence-corrected chi connectivity index (χ0v) is 17.2. The lowest BCUT2D eigenvalue weighted by Crippen LogP contribution is -2.14. The highest BCUT2D eigenvalue weighted by Gasteiger charge is 2.17. The van der Waals surface area contributed by atoms with Crippen LogP contribution in [0.2, 0.25) is 10.0 Å². The van der Waals surface area contributed by atoms with Crippen LogP contribution in [0.15, 0.2) is 72.8 Å². The lowest BCUT2D eigenvalue weighted by molar-refractivity contribution is 0.102. The van der Waals surface area contributed by atoms with Crippen LogP contribution < -0.4 is 10.6 Å². The summed E-state index contributed by atoms with van der Waals surface area (Å²) in [6.45, 7) is 0. The van der Waals surface area contributed by atoms with Crippen molar-refractivity contribution in [2.45, 2.75) is 0 Å². The van der Waals surface area contributed by atoms with Gasteiger partial charge in [-0.1, -0.05) is 59.6 Å². The molecule has 0 fully saturated rings. The maximum Gasteiger partial charge on any atom is 0.267 e. The molecule has 3 aromatic carbocycles. The normalized spacial score (nSPS) is 10.7. The number of halogens is 2. The van der Waals surface area contributed by atoms with E-state index in [9.17, 15) is 9.59 Å². The van der Waals surface area contributed by atoms with Crippen molar-refractivity contribution in [3.05, 3.63) is 93.3 Å². The molecular formula is C22H14Cl2N2O2S. The molecule has 0 unspecified atom stereocenters. The van der Waals surface area contributed by atoms with E-state index in [-0.39, 0.29) is 11.8 Å². The highest BCUT2D eigenvalue weighted by Crippen LogP contribution is 2.35. The Morgan fingerprint density at radius 1 is 0.759 bits per heavy atom. The fourth-order valence-corrected chi connectivity index (χ4v) is 4.50. The summed E-state index contributed by atoms with van der Waals surface area (Å²) in [7, 11) is 0. The Morgan fingerprint density at radius 3 is 2.14 bits per heavy atom. The van der Waals surface area contributed by atoms with Crippen molar-refractivity contribution in [2.24, 2.45) is 0 Å². The van der Waals surface area contributed by atoms with Crippen LogP contribution in [0.3, 0.4) is 0 Å². The maximum atomic E-state index is 12.7. The number of thiophene rings is 1. The van der Waals surface area contributed by atoms with Gasteiger partial charge >= 0.3 is 0 Å². The highest BCUT2D eigenvalue weighted by atomic mass is 35.5. The van der Waals surface area contributed by atoms with Crippen molar-refractivity contribution in [3.8, 4) is 0 Å². The number of nitrogens with one attached hydrogen (secondary N) is 2. The number of hydrogen-bond donors (Lipinski definition) is 2. The van der Waals surface area contributed by atoms with E-state index in [4.69, 9.17) is 23.2 Å². The molecule has 4 aromatic rings. The Balaban J connectivity index is 1.53. The molecule has 1 aromatic heterocycles. The zero-order chi connectivity index (χ0) is 20.4. The molecule has 144 valence electrons. The Hall–Kier alpha value is -2.86. The summed E-state index contributed by atoms with van der Waals surface area (Å²) < 4.78 is 0.948. The van der Waals surface area contributed by atoms with Gasteiger partial charge in [-0.15, -0.1) is 11.3 Å². The van der Waals surface area contributed by atoms with Gasteiger partial charge in [0.1, 0.15) is 4.88 Å². The third-order valence-electron chi connectivity index (χ3n) is 4.24. The number of carbonyl (C=O) groups is 2. The predicted octanol–water partition coefficient (Wildman–Crippen LogP) is 6.71. The van der Waals surface area contributed by atoms with Gasteiger partial charge in [-0.2, -0.15) is 0 Å². The fraction of sp³-hybridized carbons (Fsp3) is 0. The van der Waals surface area contributed by atoms with Crippen molar-refractivity contribution < 1.29 is 9.59 Å². The number of hydrogen-bond acceptors (Lipinski definition) is 3. The molecule has 0 atom stereocenters. The van der Waals surface area contributed by atoms with Gasteiger partial charge in [0.15, 0.2) is 0 Å².